The van der Waals surface area contributed by atoms with Crippen LogP contribution in [0, 0.1) is 52.4 Å². The number of aromatic nitrogens is 9. The van der Waals surface area contributed by atoms with Gasteiger partial charge < -0.3 is 17.2 Å². The Kier molecular flexibility index (Phi) is 30.1. The first-order valence-electron chi connectivity index (χ1n) is 41.3. The Morgan fingerprint density at radius 2 is 0.744 bits per heavy atom. The highest BCUT2D eigenvalue weighted by molar-refractivity contribution is 5.96. The summed E-state index contributed by atoms with van der Waals surface area (Å²) in [7, 11) is 0. The predicted octanol–water partition coefficient (Wildman–Crippen LogP) is 21.2. The zero-order valence-corrected chi connectivity index (χ0v) is 70.2. The highest BCUT2D eigenvalue weighted by atomic mass is 19.4. The van der Waals surface area contributed by atoms with Crippen molar-refractivity contribution >= 4 is 46.2 Å². The zero-order chi connectivity index (χ0) is 95.3. The summed E-state index contributed by atoms with van der Waals surface area (Å²) in [6.07, 6.45) is -5.62. The normalized spacial score (nSPS) is 14.3. The predicted molar refractivity (Wildman–Crippen MR) is 455 cm³/mol. The molecule has 0 aliphatic heterocycles. The van der Waals surface area contributed by atoms with Crippen LogP contribution in [0.2, 0.25) is 0 Å². The number of allylic oxidation sites excluding steroid dienone is 3. The third-order valence-corrected chi connectivity index (χ3v) is 23.0. The van der Waals surface area contributed by atoms with E-state index in [2.05, 4.69) is 36.8 Å². The van der Waals surface area contributed by atoms with E-state index in [1.165, 1.54) is 55.0 Å². The zero-order valence-electron chi connectivity index (χ0n) is 70.2. The second-order valence-corrected chi connectivity index (χ2v) is 32.4. The number of halogens is 18. The smallest absolute Gasteiger partial charge is 0.366 e. The van der Waals surface area contributed by atoms with Crippen molar-refractivity contribution in [2.24, 2.45) is 17.2 Å². The van der Waals surface area contributed by atoms with E-state index in [1.54, 1.807) is 56.3 Å². The molecule has 0 saturated carbocycles. The monoisotopic (exact) mass is 1850 g/mol. The fourth-order valence-electron chi connectivity index (χ4n) is 17.4. The summed E-state index contributed by atoms with van der Waals surface area (Å²) in [6.45, 7) is 5.65. The van der Waals surface area contributed by atoms with Crippen molar-refractivity contribution < 1.29 is 108 Å². The summed E-state index contributed by atoms with van der Waals surface area (Å²) in [6, 6.07) is 29.5. The lowest BCUT2D eigenvalue weighted by atomic mass is 9.86. The number of rotatable bonds is 27. The van der Waals surface area contributed by atoms with Crippen molar-refractivity contribution in [1.29, 1.82) is 0 Å². The number of benzene rings is 6. The summed E-state index contributed by atoms with van der Waals surface area (Å²) in [5, 5.41) is 11.3. The molecule has 694 valence electrons. The molecule has 12 aromatic rings. The standard InChI is InChI=1S/C32H28F6N4O2.2C32H26F6N4O2.CH4/c3*1-17-4-2-6-27-28(17)30(32(36,37)38)41-42(27)16-23(43)13-20(10-18-11-21(33)15-22(34)12-18)29-24(5-3-9-40-29)19-7-8-26(35)25(14-19)31(39)44;/h3,5,7-9,11-12,14-15,17,20H,2,4,6,10,13,16H2,1H3,(H2,39,44);3-5,7-9,11-12,14-15,20H,2,6,10,13,16H2,1H3,(H2,39,44);3,5,7-9,11-12,14-15,20H,1-2,4,6,10,13,16H2,(H2,39,44);1H4/t17?,20-;2*20-;/m111./s1. The molecule has 4 atom stereocenters. The SMILES string of the molecule is C.C=C1CCCc2c1c(C(F)(F)F)nn2CC(=O)C[C@@H](Cc1cc(F)cc(F)c1)c1ncccc1-c1ccc(F)c(C(N)=O)c1.CC1=CCCc2c1c(C(F)(F)F)nn2CC(=O)C[C@@H](Cc1cc(F)cc(F)c1)c1ncccc1-c1ccc(F)c(C(N)=O)c1.CC1CCCc2c1c(C(F)(F)F)nn2CC(=O)C[C@@H](Cc1cc(F)cc(F)c1)c1ncccc1-c1ccc(F)c(C(N)=O)c1. The Labute approximate surface area is 749 Å². The molecule has 15 rings (SSSR count). The highest BCUT2D eigenvalue weighted by Gasteiger charge is 2.45. The van der Waals surface area contributed by atoms with Gasteiger partial charge in [-0.2, -0.15) is 54.8 Å². The molecule has 0 saturated heterocycles. The number of alkyl halides is 9. The number of pyridine rings is 3. The van der Waals surface area contributed by atoms with Gasteiger partial charge in [0.05, 0.1) is 53.4 Å². The minimum atomic E-state index is -4.75. The molecule has 36 heteroatoms. The number of carbonyl (C=O) groups is 6. The van der Waals surface area contributed by atoms with Crippen molar-refractivity contribution in [2.45, 2.75) is 173 Å². The summed E-state index contributed by atoms with van der Waals surface area (Å²) < 4.78 is 255. The van der Waals surface area contributed by atoms with Crippen LogP contribution < -0.4 is 17.2 Å². The molecule has 3 aliphatic carbocycles. The van der Waals surface area contributed by atoms with Gasteiger partial charge in [-0.15, -0.1) is 0 Å². The van der Waals surface area contributed by atoms with Gasteiger partial charge in [-0.1, -0.05) is 63.4 Å². The molecule has 3 amide bonds. The highest BCUT2D eigenvalue weighted by Crippen LogP contribution is 2.46. The fraction of sp³-hybridized carbons (Fsp3) is 0.278. The Balaban J connectivity index is 0.000000179. The van der Waals surface area contributed by atoms with Gasteiger partial charge in [0.15, 0.2) is 34.4 Å². The van der Waals surface area contributed by atoms with E-state index < -0.39 is 160 Å². The summed E-state index contributed by atoms with van der Waals surface area (Å²) in [5.41, 5.74) is 17.2. The number of primary amides is 3. The Morgan fingerprint density at radius 3 is 1.09 bits per heavy atom. The van der Waals surface area contributed by atoms with Crippen LogP contribution in [0.3, 0.4) is 0 Å². The number of hydrogen-bond donors (Lipinski definition) is 3. The van der Waals surface area contributed by atoms with Crippen LogP contribution in [0.5, 0.6) is 0 Å². The topological polar surface area (TPSA) is 273 Å². The molecule has 1 unspecified atom stereocenters. The first-order chi connectivity index (χ1) is 62.4. The quantitative estimate of drug-likeness (QED) is 0.0406. The number of carbonyl (C=O) groups excluding carboxylic acids is 6. The molecule has 0 spiro atoms. The van der Waals surface area contributed by atoms with Gasteiger partial charge in [-0.25, -0.2) is 39.5 Å². The van der Waals surface area contributed by atoms with Gasteiger partial charge in [-0.3, -0.25) is 57.8 Å². The first-order valence-corrected chi connectivity index (χ1v) is 41.3. The minimum absolute atomic E-state index is 0. The van der Waals surface area contributed by atoms with Crippen LogP contribution in [0.25, 0.3) is 44.5 Å². The lowest BCUT2D eigenvalue weighted by Crippen LogP contribution is -2.20. The number of fused-ring (bicyclic) bond motifs is 3. The molecule has 0 radical (unpaired) electrons. The summed E-state index contributed by atoms with van der Waals surface area (Å²) in [5.74, 6) is -14.8. The Bertz CT molecular complexity index is 6280. The first kappa shape index (κ1) is 98.1. The second-order valence-electron chi connectivity index (χ2n) is 32.4. The van der Waals surface area contributed by atoms with Crippen LogP contribution in [0.15, 0.2) is 177 Å². The van der Waals surface area contributed by atoms with Crippen molar-refractivity contribution in [2.75, 3.05) is 0 Å². The van der Waals surface area contributed by atoms with Crippen molar-refractivity contribution in [3.8, 4) is 33.4 Å². The van der Waals surface area contributed by atoms with Gasteiger partial charge in [-0.05, 0) is 219 Å². The second kappa shape index (κ2) is 40.8. The Morgan fingerprint density at radius 1 is 0.421 bits per heavy atom. The van der Waals surface area contributed by atoms with E-state index in [-0.39, 0.29) is 120 Å². The molecule has 133 heavy (non-hydrogen) atoms. The molecule has 6 heterocycles. The van der Waals surface area contributed by atoms with Crippen LogP contribution in [-0.4, -0.2) is 79.4 Å². The molecular weight excluding hydrogens is 1770 g/mol. The van der Waals surface area contributed by atoms with E-state index in [4.69, 9.17) is 17.2 Å². The van der Waals surface area contributed by atoms with Gasteiger partial charge in [0.25, 0.3) is 17.7 Å². The van der Waals surface area contributed by atoms with Crippen LogP contribution in [-0.2, 0) is 91.1 Å². The number of nitrogens with two attached hydrogens (primary N) is 3. The van der Waals surface area contributed by atoms with Gasteiger partial charge >= 0.3 is 18.5 Å². The van der Waals surface area contributed by atoms with E-state index >= 15 is 0 Å². The number of amides is 3. The van der Waals surface area contributed by atoms with Crippen molar-refractivity contribution in [1.82, 2.24) is 44.3 Å². The molecule has 3 aliphatic rings. The van der Waals surface area contributed by atoms with E-state index in [0.717, 1.165) is 68.6 Å². The van der Waals surface area contributed by atoms with E-state index in [1.807, 2.05) is 0 Å². The average Bonchev–Trinajstić information content (AvgIpc) is 1.61. The molecule has 18 nitrogen and oxygen atoms in total. The molecule has 6 aromatic carbocycles. The lowest BCUT2D eigenvalue weighted by molar-refractivity contribution is -0.143. The minimum Gasteiger partial charge on any atom is -0.366 e. The molecule has 6 aromatic heterocycles. The third kappa shape index (κ3) is 23.1. The van der Waals surface area contributed by atoms with Gasteiger partial charge in [0.1, 0.15) is 52.4 Å². The van der Waals surface area contributed by atoms with Crippen LogP contribution >= 0.6 is 0 Å². The van der Waals surface area contributed by atoms with Crippen molar-refractivity contribution in [3.63, 3.8) is 0 Å². The van der Waals surface area contributed by atoms with Crippen LogP contribution in [0.4, 0.5) is 79.0 Å². The third-order valence-electron chi connectivity index (χ3n) is 23.0. The fourth-order valence-corrected chi connectivity index (χ4v) is 17.4. The number of hydrogen-bond acceptors (Lipinski definition) is 12. The number of ketones is 3. The maximum atomic E-state index is 14.2. The maximum absolute atomic E-state index is 14.2. The summed E-state index contributed by atoms with van der Waals surface area (Å²) in [4.78, 5) is 89.4. The van der Waals surface area contributed by atoms with E-state index in [0.29, 0.717) is 130 Å². The van der Waals surface area contributed by atoms with Crippen LogP contribution in [0.1, 0.15) is 212 Å². The molecule has 0 fully saturated rings. The molecule has 0 bridgehead atoms. The lowest BCUT2D eigenvalue weighted by Gasteiger charge is -2.22. The van der Waals surface area contributed by atoms with Crippen molar-refractivity contribution in [3.05, 3.63) is 331 Å². The Hall–Kier alpha value is -14.0. The molecular formula is C97H84F18N12O6. The van der Waals surface area contributed by atoms with Gasteiger partial charge in [0, 0.05) is 124 Å². The molecule has 6 N–H and O–H groups in total. The number of Topliss-reactive ketones (excluding diaryl/α,β-unsaturated/α-hetero) is 3. The maximum Gasteiger partial charge on any atom is 0.435 e. The van der Waals surface area contributed by atoms with Gasteiger partial charge in [0.2, 0.25) is 0 Å². The average molecular weight is 1860 g/mol. The number of nitrogens with zero attached hydrogens (tertiary/aromatic N) is 9. The van der Waals surface area contributed by atoms with E-state index in [9.17, 15) is 108 Å². The summed E-state index contributed by atoms with van der Waals surface area (Å²) >= 11 is 0. The largest absolute Gasteiger partial charge is 0.435 e.